The number of Topliss-reactive ketones (excluding diaryl/α,β-unsaturated/α-hetero) is 1. The fourth-order valence-corrected chi connectivity index (χ4v) is 3.27. The molecule has 0 saturated carbocycles. The van der Waals surface area contributed by atoms with Gasteiger partial charge >= 0.3 is 0 Å². The molecule has 152 valence electrons. The molecular weight excluding hydrogens is 374 g/mol. The number of hydrogen-bond donors (Lipinski definition) is 2. The maximum absolute atomic E-state index is 13.5. The van der Waals surface area contributed by atoms with Crippen LogP contribution in [0, 0.1) is 5.41 Å². The van der Waals surface area contributed by atoms with Crippen LogP contribution in [-0.4, -0.2) is 31.9 Å². The standard InChI is InChI=1S/C25H25N3O2/c1-27-17-22(18-10-5-3-6-11-18)23(26)25(29)24(19-12-7-4-8-13-19)28-20-14-9-15-21(16-20)30-2/h3-17,22,24,26,28H,1-2H3. The van der Waals surface area contributed by atoms with Crippen LogP contribution in [0.5, 0.6) is 5.75 Å². The Balaban J connectivity index is 1.95. The van der Waals surface area contributed by atoms with Crippen molar-refractivity contribution in [3.63, 3.8) is 0 Å². The number of ether oxygens (including phenoxy) is 1. The van der Waals surface area contributed by atoms with Crippen molar-refractivity contribution in [1.82, 2.24) is 0 Å². The molecule has 5 nitrogen and oxygen atoms in total. The fourth-order valence-electron chi connectivity index (χ4n) is 3.27. The van der Waals surface area contributed by atoms with Gasteiger partial charge in [-0.05, 0) is 23.3 Å². The van der Waals surface area contributed by atoms with Crippen LogP contribution in [0.15, 0.2) is 89.9 Å². The van der Waals surface area contributed by atoms with Crippen LogP contribution in [-0.2, 0) is 4.79 Å². The molecule has 0 aliphatic rings. The van der Waals surface area contributed by atoms with Crippen molar-refractivity contribution in [3.05, 3.63) is 96.1 Å². The third-order valence-corrected chi connectivity index (χ3v) is 4.81. The van der Waals surface area contributed by atoms with E-state index in [1.54, 1.807) is 20.4 Å². The molecule has 0 spiro atoms. The quantitative estimate of drug-likeness (QED) is 0.502. The zero-order valence-corrected chi connectivity index (χ0v) is 17.1. The van der Waals surface area contributed by atoms with Gasteiger partial charge in [-0.25, -0.2) is 0 Å². The summed E-state index contributed by atoms with van der Waals surface area (Å²) in [6, 6.07) is 25.6. The average Bonchev–Trinajstić information content (AvgIpc) is 2.81. The van der Waals surface area contributed by atoms with Gasteiger partial charge in [-0.3, -0.25) is 9.79 Å². The Labute approximate surface area is 177 Å². The number of benzene rings is 3. The minimum absolute atomic E-state index is 0.0175. The Kier molecular flexibility index (Phi) is 7.11. The van der Waals surface area contributed by atoms with Gasteiger partial charge < -0.3 is 15.5 Å². The van der Waals surface area contributed by atoms with Crippen LogP contribution in [0.2, 0.25) is 0 Å². The lowest BCUT2D eigenvalue weighted by Gasteiger charge is -2.22. The molecule has 3 rings (SSSR count). The van der Waals surface area contributed by atoms with Crippen LogP contribution < -0.4 is 10.1 Å². The Morgan fingerprint density at radius 3 is 2.20 bits per heavy atom. The molecule has 0 fully saturated rings. The predicted molar refractivity (Wildman–Crippen MR) is 122 cm³/mol. The lowest BCUT2D eigenvalue weighted by atomic mass is 9.88. The van der Waals surface area contributed by atoms with E-state index in [0.29, 0.717) is 5.75 Å². The Morgan fingerprint density at radius 2 is 1.60 bits per heavy atom. The summed E-state index contributed by atoms with van der Waals surface area (Å²) < 4.78 is 5.29. The van der Waals surface area contributed by atoms with E-state index in [0.717, 1.165) is 16.8 Å². The van der Waals surface area contributed by atoms with Crippen molar-refractivity contribution in [2.24, 2.45) is 4.99 Å². The van der Waals surface area contributed by atoms with Crippen LogP contribution in [0.3, 0.4) is 0 Å². The molecule has 3 aromatic carbocycles. The zero-order chi connectivity index (χ0) is 21.3. The van der Waals surface area contributed by atoms with Crippen LogP contribution in [0.4, 0.5) is 5.69 Å². The SMILES string of the molecule is CN=CC(C(=N)C(=O)C(Nc1cccc(OC)c1)c1ccccc1)c1ccccc1. The number of ketones is 1. The Hall–Kier alpha value is -3.73. The Morgan fingerprint density at radius 1 is 0.967 bits per heavy atom. The first kappa shape index (κ1) is 21.0. The maximum atomic E-state index is 13.5. The summed E-state index contributed by atoms with van der Waals surface area (Å²) in [4.78, 5) is 17.6. The van der Waals surface area contributed by atoms with Crippen molar-refractivity contribution in [2.75, 3.05) is 19.5 Å². The molecule has 0 heterocycles. The molecule has 0 radical (unpaired) electrons. The highest BCUT2D eigenvalue weighted by Crippen LogP contribution is 2.26. The first-order chi connectivity index (χ1) is 14.6. The molecule has 0 aromatic heterocycles. The number of carbonyl (C=O) groups is 1. The molecule has 0 aliphatic heterocycles. The summed E-state index contributed by atoms with van der Waals surface area (Å²) in [7, 11) is 3.25. The Bertz CT molecular complexity index is 1020. The molecule has 2 N–H and O–H groups in total. The summed E-state index contributed by atoms with van der Waals surface area (Å²) in [5.74, 6) is -0.130. The van der Waals surface area contributed by atoms with Crippen molar-refractivity contribution < 1.29 is 9.53 Å². The molecule has 0 aliphatic carbocycles. The van der Waals surface area contributed by atoms with E-state index in [-0.39, 0.29) is 11.5 Å². The summed E-state index contributed by atoms with van der Waals surface area (Å²) in [5, 5.41) is 12.0. The fraction of sp³-hybridized carbons (Fsp3) is 0.160. The number of nitrogens with one attached hydrogen (secondary N) is 2. The van der Waals surface area contributed by atoms with Gasteiger partial charge in [0.25, 0.3) is 0 Å². The van der Waals surface area contributed by atoms with Gasteiger partial charge in [0.15, 0.2) is 0 Å². The minimum atomic E-state index is -0.706. The van der Waals surface area contributed by atoms with Crippen molar-refractivity contribution in [2.45, 2.75) is 12.0 Å². The first-order valence-corrected chi connectivity index (χ1v) is 9.69. The number of hydrogen-bond acceptors (Lipinski definition) is 5. The molecule has 5 heteroatoms. The predicted octanol–water partition coefficient (Wildman–Crippen LogP) is 4.92. The lowest BCUT2D eigenvalue weighted by molar-refractivity contribution is -0.113. The lowest BCUT2D eigenvalue weighted by Crippen LogP contribution is -2.32. The largest absolute Gasteiger partial charge is 0.497 e. The monoisotopic (exact) mass is 399 g/mol. The number of aliphatic imine (C=N–C) groups is 1. The van der Waals surface area contributed by atoms with Gasteiger partial charge in [0, 0.05) is 25.0 Å². The number of nitrogens with zero attached hydrogens (tertiary/aromatic N) is 1. The van der Waals surface area contributed by atoms with Crippen molar-refractivity contribution in [3.8, 4) is 5.75 Å². The normalized spacial score (nSPS) is 12.9. The van der Waals surface area contributed by atoms with Gasteiger partial charge in [-0.15, -0.1) is 0 Å². The zero-order valence-electron chi connectivity index (χ0n) is 17.1. The molecule has 0 bridgehead atoms. The number of anilines is 1. The van der Waals surface area contributed by atoms with E-state index >= 15 is 0 Å². The van der Waals surface area contributed by atoms with E-state index in [9.17, 15) is 4.79 Å². The second-order valence-electron chi connectivity index (χ2n) is 6.79. The summed E-state index contributed by atoms with van der Waals surface area (Å²) >= 11 is 0. The van der Waals surface area contributed by atoms with Gasteiger partial charge in [-0.1, -0.05) is 66.7 Å². The van der Waals surface area contributed by atoms with E-state index in [4.69, 9.17) is 10.1 Å². The maximum Gasteiger partial charge on any atom is 0.204 e. The molecule has 0 amide bonds. The molecule has 2 unspecified atom stereocenters. The molecule has 0 saturated heterocycles. The van der Waals surface area contributed by atoms with Gasteiger partial charge in [-0.2, -0.15) is 0 Å². The third kappa shape index (κ3) is 5.00. The van der Waals surface area contributed by atoms with Gasteiger partial charge in [0.05, 0.1) is 18.7 Å². The van der Waals surface area contributed by atoms with Crippen molar-refractivity contribution >= 4 is 23.4 Å². The van der Waals surface area contributed by atoms with E-state index < -0.39 is 12.0 Å². The highest BCUT2D eigenvalue weighted by Gasteiger charge is 2.29. The number of rotatable bonds is 9. The molecule has 30 heavy (non-hydrogen) atoms. The van der Waals surface area contributed by atoms with Crippen molar-refractivity contribution in [1.29, 1.82) is 5.41 Å². The highest BCUT2D eigenvalue weighted by molar-refractivity contribution is 6.45. The second kappa shape index (κ2) is 10.2. The summed E-state index contributed by atoms with van der Waals surface area (Å²) in [6.07, 6.45) is 1.64. The summed E-state index contributed by atoms with van der Waals surface area (Å²) in [5.41, 5.74) is 2.37. The van der Waals surface area contributed by atoms with E-state index in [1.807, 2.05) is 84.9 Å². The van der Waals surface area contributed by atoms with Crippen LogP contribution in [0.25, 0.3) is 0 Å². The van der Waals surface area contributed by atoms with Gasteiger partial charge in [0.2, 0.25) is 5.78 Å². The minimum Gasteiger partial charge on any atom is -0.497 e. The first-order valence-electron chi connectivity index (χ1n) is 9.69. The topological polar surface area (TPSA) is 74.5 Å². The average molecular weight is 399 g/mol. The molecule has 2 atom stereocenters. The third-order valence-electron chi connectivity index (χ3n) is 4.81. The van der Waals surface area contributed by atoms with Crippen LogP contribution in [0.1, 0.15) is 23.1 Å². The molecular formula is C25H25N3O2. The summed E-state index contributed by atoms with van der Waals surface area (Å²) in [6.45, 7) is 0. The number of carbonyl (C=O) groups excluding carboxylic acids is 1. The van der Waals surface area contributed by atoms with E-state index in [1.165, 1.54) is 0 Å². The van der Waals surface area contributed by atoms with Gasteiger partial charge in [0.1, 0.15) is 11.8 Å². The second-order valence-corrected chi connectivity index (χ2v) is 6.79. The molecule has 3 aromatic rings. The smallest absolute Gasteiger partial charge is 0.204 e. The number of methoxy groups -OCH3 is 1. The highest BCUT2D eigenvalue weighted by atomic mass is 16.5. The van der Waals surface area contributed by atoms with E-state index in [2.05, 4.69) is 10.3 Å². The van der Waals surface area contributed by atoms with Crippen LogP contribution >= 0.6 is 0 Å².